The third kappa shape index (κ3) is 4.48. The van der Waals surface area contributed by atoms with Gasteiger partial charge in [0.25, 0.3) is 5.91 Å². The smallest absolute Gasteiger partial charge is 0.255 e. The molecule has 2 heterocycles. The zero-order valence-corrected chi connectivity index (χ0v) is 18.9. The Bertz CT molecular complexity index is 1390. The van der Waals surface area contributed by atoms with Crippen molar-refractivity contribution in [1.82, 2.24) is 10.3 Å². The Morgan fingerprint density at radius 2 is 1.74 bits per heavy atom. The number of ether oxygens (including phenoxy) is 1. The van der Waals surface area contributed by atoms with E-state index in [1.54, 1.807) is 55.8 Å². The van der Waals surface area contributed by atoms with Gasteiger partial charge in [-0.25, -0.2) is 4.39 Å². The van der Waals surface area contributed by atoms with E-state index in [9.17, 15) is 14.0 Å². The van der Waals surface area contributed by atoms with Crippen LogP contribution in [0.3, 0.4) is 0 Å². The van der Waals surface area contributed by atoms with Gasteiger partial charge in [-0.05, 0) is 65.2 Å². The molecule has 2 amide bonds. The van der Waals surface area contributed by atoms with Gasteiger partial charge < -0.3 is 15.4 Å². The number of likely N-dealkylation sites (N-methyl/N-ethyl adjacent to an activating group) is 1. The molecule has 0 saturated carbocycles. The largest absolute Gasteiger partial charge is 0.484 e. The first-order chi connectivity index (χ1) is 17.0. The van der Waals surface area contributed by atoms with Crippen LogP contribution in [0.15, 0.2) is 91.3 Å². The van der Waals surface area contributed by atoms with Gasteiger partial charge in [0, 0.05) is 24.4 Å². The maximum absolute atomic E-state index is 13.5. The Hall–Kier alpha value is -4.52. The fourth-order valence-electron chi connectivity index (χ4n) is 4.27. The molecule has 1 aliphatic heterocycles. The molecule has 2 N–H and O–H groups in total. The highest BCUT2D eigenvalue weighted by molar-refractivity contribution is 6.04. The highest BCUT2D eigenvalue weighted by Crippen LogP contribution is 2.47. The summed E-state index contributed by atoms with van der Waals surface area (Å²) < 4.78 is 19.6. The lowest BCUT2D eigenvalue weighted by molar-refractivity contribution is -0.123. The minimum absolute atomic E-state index is 0.195. The zero-order valence-electron chi connectivity index (χ0n) is 18.9. The molecule has 0 aliphatic carbocycles. The first-order valence-corrected chi connectivity index (χ1v) is 11.1. The Kier molecular flexibility index (Phi) is 5.97. The number of nitrogens with one attached hydrogen (secondary N) is 2. The molecule has 0 spiro atoms. The molecule has 6 nitrogen and oxygen atoms in total. The van der Waals surface area contributed by atoms with Crippen molar-refractivity contribution < 1.29 is 18.7 Å². The van der Waals surface area contributed by atoms with Gasteiger partial charge in [-0.15, -0.1) is 0 Å². The fraction of sp³-hybridized carbons (Fsp3) is 0.107. The maximum Gasteiger partial charge on any atom is 0.255 e. The van der Waals surface area contributed by atoms with Gasteiger partial charge in [-0.2, -0.15) is 0 Å². The minimum atomic E-state index is -0.600. The van der Waals surface area contributed by atoms with Gasteiger partial charge in [0.15, 0.2) is 0 Å². The summed E-state index contributed by atoms with van der Waals surface area (Å²) >= 11 is 0. The number of pyridine rings is 1. The van der Waals surface area contributed by atoms with Crippen LogP contribution in [-0.2, 0) is 4.79 Å². The average Bonchev–Trinajstić information content (AvgIpc) is 3.28. The monoisotopic (exact) mass is 467 g/mol. The van der Waals surface area contributed by atoms with Crippen LogP contribution in [0, 0.1) is 5.82 Å². The van der Waals surface area contributed by atoms with E-state index in [4.69, 9.17) is 4.74 Å². The van der Waals surface area contributed by atoms with Crippen LogP contribution >= 0.6 is 0 Å². The van der Waals surface area contributed by atoms with Crippen molar-refractivity contribution in [3.05, 3.63) is 114 Å². The normalized spacial score (nSPS) is 16.2. The predicted octanol–water partition coefficient (Wildman–Crippen LogP) is 5.10. The van der Waals surface area contributed by atoms with E-state index in [1.807, 2.05) is 30.3 Å². The van der Waals surface area contributed by atoms with Crippen LogP contribution in [0.5, 0.6) is 5.75 Å². The van der Waals surface area contributed by atoms with Crippen LogP contribution < -0.4 is 15.4 Å². The first-order valence-electron chi connectivity index (χ1n) is 11.1. The second-order valence-electron chi connectivity index (χ2n) is 8.21. The lowest BCUT2D eigenvalue weighted by atomic mass is 9.88. The second-order valence-corrected chi connectivity index (χ2v) is 8.21. The number of hydrogen-bond acceptors (Lipinski definition) is 4. The van der Waals surface area contributed by atoms with E-state index >= 15 is 0 Å². The minimum Gasteiger partial charge on any atom is -0.484 e. The van der Waals surface area contributed by atoms with Crippen molar-refractivity contribution in [2.24, 2.45) is 0 Å². The molecule has 0 saturated heterocycles. The number of nitrogens with zero attached hydrogens (tertiary/aromatic N) is 1. The molecule has 0 radical (unpaired) electrons. The van der Waals surface area contributed by atoms with Crippen molar-refractivity contribution in [2.45, 2.75) is 12.0 Å². The summed E-state index contributed by atoms with van der Waals surface area (Å²) in [5.74, 6) is -0.793. The van der Waals surface area contributed by atoms with Gasteiger partial charge in [-0.1, -0.05) is 30.3 Å². The second kappa shape index (κ2) is 9.38. The van der Waals surface area contributed by atoms with Gasteiger partial charge in [0.2, 0.25) is 5.91 Å². The van der Waals surface area contributed by atoms with Crippen molar-refractivity contribution in [3.63, 3.8) is 0 Å². The molecule has 5 rings (SSSR count). The number of halogens is 1. The van der Waals surface area contributed by atoms with Crippen molar-refractivity contribution in [2.75, 3.05) is 12.4 Å². The number of aromatic nitrogens is 1. The number of benzene rings is 3. The van der Waals surface area contributed by atoms with E-state index in [2.05, 4.69) is 15.6 Å². The van der Waals surface area contributed by atoms with Crippen molar-refractivity contribution >= 4 is 17.5 Å². The molecule has 0 bridgehead atoms. The van der Waals surface area contributed by atoms with Crippen LogP contribution in [0.4, 0.5) is 10.1 Å². The first kappa shape index (κ1) is 22.3. The number of amides is 2. The molecule has 3 aromatic carbocycles. The average molecular weight is 468 g/mol. The Balaban J connectivity index is 1.47. The molecule has 35 heavy (non-hydrogen) atoms. The molecule has 4 aromatic rings. The standard InChI is InChI=1S/C28H22FN3O3/c1-30-28(34)25-23-15-19(9-12-24(23)35-26(25)17-7-10-21(29)11-8-17)18-4-2-5-20(14-18)27(33)32-22-6-3-13-31-16-22/h2-16,25-26H,1H3,(H,30,34)(H,32,33). The van der Waals surface area contributed by atoms with Crippen molar-refractivity contribution in [3.8, 4) is 16.9 Å². The highest BCUT2D eigenvalue weighted by Gasteiger charge is 2.40. The van der Waals surface area contributed by atoms with Crippen molar-refractivity contribution in [1.29, 1.82) is 0 Å². The Labute approximate surface area is 201 Å². The summed E-state index contributed by atoms with van der Waals surface area (Å²) in [7, 11) is 1.58. The van der Waals surface area contributed by atoms with Gasteiger partial charge in [-0.3, -0.25) is 14.6 Å². The van der Waals surface area contributed by atoms with E-state index in [0.29, 0.717) is 22.6 Å². The number of hydrogen-bond donors (Lipinski definition) is 2. The lowest BCUT2D eigenvalue weighted by Gasteiger charge is -2.18. The van der Waals surface area contributed by atoms with Crippen LogP contribution in [-0.4, -0.2) is 23.8 Å². The number of carbonyl (C=O) groups excluding carboxylic acids is 2. The third-order valence-corrected chi connectivity index (χ3v) is 6.01. The zero-order chi connectivity index (χ0) is 24.4. The molecular weight excluding hydrogens is 445 g/mol. The van der Waals surface area contributed by atoms with Gasteiger partial charge >= 0.3 is 0 Å². The molecule has 7 heteroatoms. The van der Waals surface area contributed by atoms with E-state index < -0.39 is 12.0 Å². The van der Waals surface area contributed by atoms with E-state index in [0.717, 1.165) is 16.7 Å². The Morgan fingerprint density at radius 1 is 0.943 bits per heavy atom. The van der Waals surface area contributed by atoms with Gasteiger partial charge in [0.05, 0.1) is 11.9 Å². The molecule has 0 fully saturated rings. The van der Waals surface area contributed by atoms with Crippen LogP contribution in [0.2, 0.25) is 0 Å². The topological polar surface area (TPSA) is 80.3 Å². The number of fused-ring (bicyclic) bond motifs is 1. The summed E-state index contributed by atoms with van der Waals surface area (Å²) in [4.78, 5) is 29.6. The number of rotatable bonds is 5. The molecule has 1 aromatic heterocycles. The third-order valence-electron chi connectivity index (χ3n) is 6.01. The van der Waals surface area contributed by atoms with Crippen LogP contribution in [0.25, 0.3) is 11.1 Å². The summed E-state index contributed by atoms with van der Waals surface area (Å²) in [6.07, 6.45) is 2.65. The highest BCUT2D eigenvalue weighted by atomic mass is 19.1. The number of carbonyl (C=O) groups is 2. The maximum atomic E-state index is 13.5. The Morgan fingerprint density at radius 3 is 2.49 bits per heavy atom. The predicted molar refractivity (Wildman–Crippen MR) is 131 cm³/mol. The van der Waals surface area contributed by atoms with E-state index in [-0.39, 0.29) is 17.6 Å². The molecule has 2 atom stereocenters. The lowest BCUT2D eigenvalue weighted by Crippen LogP contribution is -2.28. The molecular formula is C28H22FN3O3. The quantitative estimate of drug-likeness (QED) is 0.428. The SMILES string of the molecule is CNC(=O)C1c2cc(-c3cccc(C(=O)Nc4cccnc4)c3)ccc2OC1c1ccc(F)cc1. The summed E-state index contributed by atoms with van der Waals surface area (Å²) in [6.45, 7) is 0. The number of anilines is 1. The van der Waals surface area contributed by atoms with Gasteiger partial charge in [0.1, 0.15) is 23.6 Å². The van der Waals surface area contributed by atoms with E-state index in [1.165, 1.54) is 12.1 Å². The molecule has 2 unspecified atom stereocenters. The summed E-state index contributed by atoms with van der Waals surface area (Å²) in [6, 6.07) is 22.4. The summed E-state index contributed by atoms with van der Waals surface area (Å²) in [5.41, 5.74) is 4.23. The van der Waals surface area contributed by atoms with Crippen LogP contribution in [0.1, 0.15) is 33.5 Å². The molecule has 1 aliphatic rings. The molecule has 174 valence electrons. The summed E-state index contributed by atoms with van der Waals surface area (Å²) in [5, 5.41) is 5.55. The fourth-order valence-corrected chi connectivity index (χ4v) is 4.27.